The first-order chi connectivity index (χ1) is 2.91. The van der Waals surface area contributed by atoms with Crippen molar-refractivity contribution < 1.29 is 7.96 Å². The van der Waals surface area contributed by atoms with Crippen LogP contribution in [0.3, 0.4) is 0 Å². The number of unbranched alkanes of at least 4 members (excludes halogenated alkanes) is 2. The maximum atomic E-state index is 8.20. The van der Waals surface area contributed by atoms with Crippen LogP contribution in [0.15, 0.2) is 0 Å². The molecule has 0 aliphatic carbocycles. The standard InChI is InChI=1S/C5H12O.Ba.2H/c1-2-3-4-5-6;;;/h6H,2-5H2,1H3;;;/q;+2;2*-1. The van der Waals surface area contributed by atoms with Gasteiger partial charge in [0.1, 0.15) is 0 Å². The van der Waals surface area contributed by atoms with Crippen LogP contribution < -0.4 is 0 Å². The van der Waals surface area contributed by atoms with E-state index in [2.05, 4.69) is 6.92 Å². The number of rotatable bonds is 3. The zero-order valence-electron chi connectivity index (χ0n) is 6.98. The van der Waals surface area contributed by atoms with E-state index in [1.54, 1.807) is 0 Å². The molecular formula is C5H14BaO. The Balaban J connectivity index is -0.0000000417. The van der Waals surface area contributed by atoms with Crippen molar-refractivity contribution in [2.24, 2.45) is 0 Å². The molecule has 1 nitrogen and oxygen atoms in total. The van der Waals surface area contributed by atoms with Crippen LogP contribution in [0.2, 0.25) is 0 Å². The van der Waals surface area contributed by atoms with Gasteiger partial charge in [-0.05, 0) is 6.42 Å². The summed E-state index contributed by atoms with van der Waals surface area (Å²) in [7, 11) is 0. The van der Waals surface area contributed by atoms with Crippen molar-refractivity contribution in [2.75, 3.05) is 6.61 Å². The summed E-state index contributed by atoms with van der Waals surface area (Å²) in [5.74, 6) is 0. The van der Waals surface area contributed by atoms with Gasteiger partial charge in [-0.2, -0.15) is 0 Å². The van der Waals surface area contributed by atoms with Crippen molar-refractivity contribution in [1.82, 2.24) is 0 Å². The van der Waals surface area contributed by atoms with E-state index in [1.165, 1.54) is 6.42 Å². The van der Waals surface area contributed by atoms with Crippen molar-refractivity contribution >= 4 is 48.9 Å². The van der Waals surface area contributed by atoms with Crippen molar-refractivity contribution in [3.63, 3.8) is 0 Å². The summed E-state index contributed by atoms with van der Waals surface area (Å²) in [6.07, 6.45) is 3.33. The Morgan fingerprint density at radius 1 is 1.43 bits per heavy atom. The molecule has 1 N–H and O–H groups in total. The van der Waals surface area contributed by atoms with E-state index >= 15 is 0 Å². The second kappa shape index (κ2) is 10.5. The number of hydrogen-bond donors (Lipinski definition) is 1. The van der Waals surface area contributed by atoms with Gasteiger partial charge in [-0.1, -0.05) is 19.8 Å². The third kappa shape index (κ3) is 11.2. The predicted octanol–water partition coefficient (Wildman–Crippen LogP) is 1.01. The van der Waals surface area contributed by atoms with Crippen molar-refractivity contribution in [1.29, 1.82) is 0 Å². The fourth-order valence-corrected chi connectivity index (χ4v) is 0.362. The van der Waals surface area contributed by atoms with Crippen LogP contribution in [-0.2, 0) is 0 Å². The third-order valence-corrected chi connectivity index (χ3v) is 0.762. The monoisotopic (exact) mass is 228 g/mol. The van der Waals surface area contributed by atoms with Gasteiger partial charge >= 0.3 is 48.9 Å². The van der Waals surface area contributed by atoms with Gasteiger partial charge in [0.05, 0.1) is 0 Å². The zero-order chi connectivity index (χ0) is 4.83. The van der Waals surface area contributed by atoms with Gasteiger partial charge in [0.15, 0.2) is 0 Å². The molecule has 0 saturated carbocycles. The van der Waals surface area contributed by atoms with Crippen molar-refractivity contribution in [3.05, 3.63) is 0 Å². The molecular weight excluding hydrogens is 213 g/mol. The summed E-state index contributed by atoms with van der Waals surface area (Å²) in [5.41, 5.74) is 0. The maximum absolute atomic E-state index is 8.20. The Bertz CT molecular complexity index is 26.9. The molecule has 0 aromatic heterocycles. The minimum absolute atomic E-state index is 0. The van der Waals surface area contributed by atoms with Crippen molar-refractivity contribution in [2.45, 2.75) is 26.2 Å². The average molecular weight is 227 g/mol. The molecule has 2 heteroatoms. The summed E-state index contributed by atoms with van der Waals surface area (Å²) in [4.78, 5) is 0. The molecule has 0 aromatic rings. The quantitative estimate of drug-likeness (QED) is 0.564. The fraction of sp³-hybridized carbons (Fsp3) is 1.00. The Kier molecular flexibility index (Phi) is 17.0. The van der Waals surface area contributed by atoms with Gasteiger partial charge in [0.2, 0.25) is 0 Å². The van der Waals surface area contributed by atoms with Gasteiger partial charge < -0.3 is 7.96 Å². The molecule has 0 unspecified atom stereocenters. The first kappa shape index (κ1) is 11.3. The Morgan fingerprint density at radius 2 is 2.00 bits per heavy atom. The summed E-state index contributed by atoms with van der Waals surface area (Å²) in [6.45, 7) is 2.48. The number of hydrogen-bond acceptors (Lipinski definition) is 1. The molecule has 0 bridgehead atoms. The molecule has 0 atom stereocenters. The Labute approximate surface area is 88.5 Å². The molecule has 0 radical (unpaired) electrons. The molecule has 0 aliphatic rings. The summed E-state index contributed by atoms with van der Waals surface area (Å²) in [6, 6.07) is 0. The fourth-order valence-electron chi connectivity index (χ4n) is 0.362. The van der Waals surface area contributed by atoms with Gasteiger partial charge in [-0.25, -0.2) is 0 Å². The molecule has 0 amide bonds. The average Bonchev–Trinajstić information content (AvgIpc) is 1.61. The number of aliphatic hydroxyl groups is 1. The third-order valence-electron chi connectivity index (χ3n) is 0.762. The molecule has 7 heavy (non-hydrogen) atoms. The van der Waals surface area contributed by atoms with Gasteiger partial charge in [-0.15, -0.1) is 0 Å². The van der Waals surface area contributed by atoms with E-state index < -0.39 is 0 Å². The van der Waals surface area contributed by atoms with Crippen LogP contribution in [-0.4, -0.2) is 60.6 Å². The zero-order valence-corrected chi connectivity index (χ0v) is 9.42. The van der Waals surface area contributed by atoms with E-state index in [9.17, 15) is 0 Å². The normalized spacial score (nSPS) is 7.71. The first-order valence-electron chi connectivity index (χ1n) is 2.52. The van der Waals surface area contributed by atoms with Gasteiger partial charge in [0.25, 0.3) is 0 Å². The van der Waals surface area contributed by atoms with Crippen LogP contribution in [0.1, 0.15) is 29.0 Å². The minimum atomic E-state index is 0. The summed E-state index contributed by atoms with van der Waals surface area (Å²) < 4.78 is 0. The topological polar surface area (TPSA) is 20.2 Å². The van der Waals surface area contributed by atoms with Gasteiger partial charge in [-0.3, -0.25) is 0 Å². The minimum Gasteiger partial charge on any atom is -1.00 e. The largest absolute Gasteiger partial charge is 2.00 e. The summed E-state index contributed by atoms with van der Waals surface area (Å²) >= 11 is 0. The Hall–Kier alpha value is 1.53. The second-order valence-electron chi connectivity index (χ2n) is 1.43. The van der Waals surface area contributed by atoms with Crippen LogP contribution in [0, 0.1) is 0 Å². The SMILES string of the molecule is CCCCCO.[Ba+2].[H-].[H-]. The van der Waals surface area contributed by atoms with Gasteiger partial charge in [0, 0.05) is 6.61 Å². The van der Waals surface area contributed by atoms with Crippen LogP contribution in [0.25, 0.3) is 0 Å². The van der Waals surface area contributed by atoms with E-state index in [0.29, 0.717) is 6.61 Å². The van der Waals surface area contributed by atoms with Crippen molar-refractivity contribution in [3.8, 4) is 0 Å². The second-order valence-corrected chi connectivity index (χ2v) is 1.43. The number of aliphatic hydroxyl groups excluding tert-OH is 1. The van der Waals surface area contributed by atoms with E-state index in [0.717, 1.165) is 12.8 Å². The first-order valence-corrected chi connectivity index (χ1v) is 2.52. The predicted molar refractivity (Wildman–Crippen MR) is 34.6 cm³/mol. The summed E-state index contributed by atoms with van der Waals surface area (Å²) in [5, 5.41) is 8.20. The Morgan fingerprint density at radius 3 is 2.14 bits per heavy atom. The molecule has 0 rings (SSSR count). The van der Waals surface area contributed by atoms with E-state index in [4.69, 9.17) is 5.11 Å². The molecule has 42 valence electrons. The van der Waals surface area contributed by atoms with Crippen LogP contribution >= 0.6 is 0 Å². The molecule has 0 fully saturated rings. The molecule has 0 aliphatic heterocycles. The molecule has 0 spiro atoms. The van der Waals surface area contributed by atoms with E-state index in [-0.39, 0.29) is 51.7 Å². The smallest absolute Gasteiger partial charge is 1.00 e. The van der Waals surface area contributed by atoms with Crippen LogP contribution in [0.4, 0.5) is 0 Å². The molecule has 0 saturated heterocycles. The van der Waals surface area contributed by atoms with Crippen LogP contribution in [0.5, 0.6) is 0 Å². The van der Waals surface area contributed by atoms with E-state index in [1.807, 2.05) is 0 Å². The maximum Gasteiger partial charge on any atom is 2.00 e. The molecule has 0 heterocycles. The molecule has 0 aromatic carbocycles.